The van der Waals surface area contributed by atoms with Gasteiger partial charge in [0, 0.05) is 12.0 Å². The number of hydrogen-bond acceptors (Lipinski definition) is 3. The average Bonchev–Trinajstić information content (AvgIpc) is 2.72. The van der Waals surface area contributed by atoms with Crippen molar-refractivity contribution in [2.75, 3.05) is 0 Å². The fourth-order valence-corrected chi connectivity index (χ4v) is 1.76. The molecule has 2 rings (SSSR count). The molecule has 1 heterocycles. The molecule has 1 aromatic heterocycles. The molecule has 0 atom stereocenters. The minimum Gasteiger partial charge on any atom is -0.443 e. The molecule has 0 saturated heterocycles. The highest BCUT2D eigenvalue weighted by Gasteiger charge is 2.14. The van der Waals surface area contributed by atoms with Gasteiger partial charge in [-0.2, -0.15) is 0 Å². The number of aromatic nitrogens is 1. The van der Waals surface area contributed by atoms with E-state index in [1.54, 1.807) is 0 Å². The number of oxazole rings is 1. The molecular weight excluding hydrogens is 202 g/mol. The Kier molecular flexibility index (Phi) is 3.06. The number of aryl methyl sites for hydroxylation is 2. The van der Waals surface area contributed by atoms with E-state index in [1.807, 2.05) is 38.1 Å². The first-order valence-electron chi connectivity index (χ1n) is 5.41. The van der Waals surface area contributed by atoms with Crippen molar-refractivity contribution in [3.05, 3.63) is 41.5 Å². The van der Waals surface area contributed by atoms with Gasteiger partial charge in [0.15, 0.2) is 0 Å². The SMILES string of the molecule is CCc1oc(CO)nc1-c1ccccc1C. The van der Waals surface area contributed by atoms with Crippen molar-refractivity contribution in [3.8, 4) is 11.3 Å². The normalized spacial score (nSPS) is 10.7. The van der Waals surface area contributed by atoms with Gasteiger partial charge < -0.3 is 9.52 Å². The predicted octanol–water partition coefficient (Wildman–Crippen LogP) is 2.70. The third-order valence-corrected chi connectivity index (χ3v) is 2.60. The highest BCUT2D eigenvalue weighted by Crippen LogP contribution is 2.27. The summed E-state index contributed by atoms with van der Waals surface area (Å²) in [5.41, 5.74) is 3.09. The van der Waals surface area contributed by atoms with E-state index in [9.17, 15) is 0 Å². The largest absolute Gasteiger partial charge is 0.443 e. The molecule has 1 aromatic carbocycles. The molecule has 0 unspecified atom stereocenters. The van der Waals surface area contributed by atoms with Crippen molar-refractivity contribution < 1.29 is 9.52 Å². The van der Waals surface area contributed by atoms with Gasteiger partial charge in [-0.3, -0.25) is 0 Å². The van der Waals surface area contributed by atoms with Gasteiger partial charge in [-0.05, 0) is 12.5 Å². The van der Waals surface area contributed by atoms with Crippen LogP contribution < -0.4 is 0 Å². The Morgan fingerprint density at radius 2 is 2.06 bits per heavy atom. The Hall–Kier alpha value is -1.61. The molecule has 0 bridgehead atoms. The van der Waals surface area contributed by atoms with Gasteiger partial charge in [0.25, 0.3) is 0 Å². The van der Waals surface area contributed by atoms with Crippen LogP contribution in [0.15, 0.2) is 28.7 Å². The van der Waals surface area contributed by atoms with Gasteiger partial charge in [0.05, 0.1) is 0 Å². The summed E-state index contributed by atoms with van der Waals surface area (Å²) in [5.74, 6) is 1.22. The van der Waals surface area contributed by atoms with Crippen LogP contribution in [-0.4, -0.2) is 10.1 Å². The lowest BCUT2D eigenvalue weighted by Crippen LogP contribution is -1.87. The standard InChI is InChI=1S/C13H15NO2/c1-3-11-13(14-12(8-15)16-11)10-7-5-4-6-9(10)2/h4-7,15H,3,8H2,1-2H3. The zero-order valence-electron chi connectivity index (χ0n) is 9.53. The highest BCUT2D eigenvalue weighted by molar-refractivity contribution is 5.65. The molecular formula is C13H15NO2. The van der Waals surface area contributed by atoms with Crippen molar-refractivity contribution in [1.82, 2.24) is 4.98 Å². The minimum absolute atomic E-state index is 0.154. The summed E-state index contributed by atoms with van der Waals surface area (Å²) in [6.07, 6.45) is 0.774. The summed E-state index contributed by atoms with van der Waals surface area (Å²) in [6, 6.07) is 8.04. The predicted molar refractivity (Wildman–Crippen MR) is 62.0 cm³/mol. The smallest absolute Gasteiger partial charge is 0.220 e. The first-order chi connectivity index (χ1) is 7.76. The fourth-order valence-electron chi connectivity index (χ4n) is 1.76. The Morgan fingerprint density at radius 1 is 1.31 bits per heavy atom. The molecule has 3 nitrogen and oxygen atoms in total. The van der Waals surface area contributed by atoms with Crippen LogP contribution in [0.5, 0.6) is 0 Å². The summed E-state index contributed by atoms with van der Waals surface area (Å²) in [6.45, 7) is 3.91. The molecule has 3 heteroatoms. The maximum absolute atomic E-state index is 9.03. The van der Waals surface area contributed by atoms with Crippen LogP contribution in [0.1, 0.15) is 24.1 Å². The molecule has 2 aromatic rings. The molecule has 84 valence electrons. The number of aliphatic hydroxyl groups is 1. The summed E-state index contributed by atoms with van der Waals surface area (Å²) < 4.78 is 5.46. The number of rotatable bonds is 3. The molecule has 0 radical (unpaired) electrons. The first-order valence-corrected chi connectivity index (χ1v) is 5.41. The second-order valence-corrected chi connectivity index (χ2v) is 3.71. The van der Waals surface area contributed by atoms with Gasteiger partial charge in [-0.1, -0.05) is 31.2 Å². The Morgan fingerprint density at radius 3 is 2.69 bits per heavy atom. The molecule has 0 amide bonds. The monoisotopic (exact) mass is 217 g/mol. The van der Waals surface area contributed by atoms with Crippen LogP contribution in [0.25, 0.3) is 11.3 Å². The molecule has 16 heavy (non-hydrogen) atoms. The van der Waals surface area contributed by atoms with E-state index in [2.05, 4.69) is 4.98 Å². The maximum Gasteiger partial charge on any atom is 0.220 e. The second kappa shape index (κ2) is 4.49. The molecule has 0 spiro atoms. The van der Waals surface area contributed by atoms with E-state index in [0.29, 0.717) is 5.89 Å². The summed E-state index contributed by atoms with van der Waals surface area (Å²) in [5, 5.41) is 9.03. The highest BCUT2D eigenvalue weighted by atomic mass is 16.4. The van der Waals surface area contributed by atoms with E-state index in [4.69, 9.17) is 9.52 Å². The fraction of sp³-hybridized carbons (Fsp3) is 0.308. The van der Waals surface area contributed by atoms with E-state index >= 15 is 0 Å². The summed E-state index contributed by atoms with van der Waals surface area (Å²) in [7, 11) is 0. The van der Waals surface area contributed by atoms with Gasteiger partial charge >= 0.3 is 0 Å². The number of benzene rings is 1. The summed E-state index contributed by atoms with van der Waals surface area (Å²) in [4.78, 5) is 4.31. The first kappa shape index (κ1) is 10.9. The number of aliphatic hydroxyl groups excluding tert-OH is 1. The van der Waals surface area contributed by atoms with E-state index < -0.39 is 0 Å². The molecule has 1 N–H and O–H groups in total. The lowest BCUT2D eigenvalue weighted by molar-refractivity contribution is 0.237. The zero-order chi connectivity index (χ0) is 11.5. The Labute approximate surface area is 94.8 Å². The maximum atomic E-state index is 9.03. The van der Waals surface area contributed by atoms with Crippen LogP contribution in [0.3, 0.4) is 0 Å². The van der Waals surface area contributed by atoms with E-state index in [0.717, 1.165) is 29.0 Å². The van der Waals surface area contributed by atoms with Crippen LogP contribution in [-0.2, 0) is 13.0 Å². The number of nitrogens with zero attached hydrogens (tertiary/aromatic N) is 1. The zero-order valence-corrected chi connectivity index (χ0v) is 9.53. The second-order valence-electron chi connectivity index (χ2n) is 3.71. The van der Waals surface area contributed by atoms with E-state index in [1.165, 1.54) is 0 Å². The molecule has 0 fully saturated rings. The van der Waals surface area contributed by atoms with Gasteiger partial charge in [-0.15, -0.1) is 0 Å². The Balaban J connectivity index is 2.54. The van der Waals surface area contributed by atoms with Crippen molar-refractivity contribution in [3.63, 3.8) is 0 Å². The molecule has 0 aliphatic heterocycles. The van der Waals surface area contributed by atoms with E-state index in [-0.39, 0.29) is 6.61 Å². The third-order valence-electron chi connectivity index (χ3n) is 2.60. The molecule has 0 aliphatic rings. The van der Waals surface area contributed by atoms with Gasteiger partial charge in [-0.25, -0.2) is 4.98 Å². The topological polar surface area (TPSA) is 46.3 Å². The van der Waals surface area contributed by atoms with Crippen molar-refractivity contribution in [2.45, 2.75) is 26.9 Å². The van der Waals surface area contributed by atoms with Crippen LogP contribution in [0, 0.1) is 6.92 Å². The minimum atomic E-state index is -0.154. The van der Waals surface area contributed by atoms with Crippen LogP contribution >= 0.6 is 0 Å². The van der Waals surface area contributed by atoms with Crippen molar-refractivity contribution in [1.29, 1.82) is 0 Å². The van der Waals surface area contributed by atoms with Crippen molar-refractivity contribution in [2.24, 2.45) is 0 Å². The molecule has 0 saturated carbocycles. The lowest BCUT2D eigenvalue weighted by Gasteiger charge is -2.02. The van der Waals surface area contributed by atoms with Crippen molar-refractivity contribution >= 4 is 0 Å². The van der Waals surface area contributed by atoms with Crippen LogP contribution in [0.4, 0.5) is 0 Å². The average molecular weight is 217 g/mol. The molecule has 0 aliphatic carbocycles. The number of hydrogen-bond donors (Lipinski definition) is 1. The van der Waals surface area contributed by atoms with Gasteiger partial charge in [0.1, 0.15) is 18.1 Å². The summed E-state index contributed by atoms with van der Waals surface area (Å²) >= 11 is 0. The quantitative estimate of drug-likeness (QED) is 0.859. The third kappa shape index (κ3) is 1.86. The Bertz CT molecular complexity index is 488. The van der Waals surface area contributed by atoms with Gasteiger partial charge in [0.2, 0.25) is 5.89 Å². The lowest BCUT2D eigenvalue weighted by atomic mass is 10.0. The van der Waals surface area contributed by atoms with Crippen LogP contribution in [0.2, 0.25) is 0 Å².